The number of nitrogens with one attached hydrogen (secondary N) is 2. The zero-order valence-electron chi connectivity index (χ0n) is 9.85. The summed E-state index contributed by atoms with van der Waals surface area (Å²) in [7, 11) is 0. The molecule has 0 aromatic carbocycles. The zero-order chi connectivity index (χ0) is 10.6. The van der Waals surface area contributed by atoms with Crippen molar-refractivity contribution < 1.29 is 4.74 Å². The van der Waals surface area contributed by atoms with Crippen molar-refractivity contribution in [2.24, 2.45) is 5.41 Å². The van der Waals surface area contributed by atoms with Crippen molar-refractivity contribution in [2.45, 2.75) is 38.7 Å². The van der Waals surface area contributed by atoms with Crippen molar-refractivity contribution in [1.82, 2.24) is 10.6 Å². The third-order valence-electron chi connectivity index (χ3n) is 3.68. The maximum absolute atomic E-state index is 5.60. The summed E-state index contributed by atoms with van der Waals surface area (Å²) in [5, 5.41) is 7.00. The van der Waals surface area contributed by atoms with Crippen LogP contribution in [0.15, 0.2) is 0 Å². The quantitative estimate of drug-likeness (QED) is 0.671. The largest absolute Gasteiger partial charge is 0.378 e. The van der Waals surface area contributed by atoms with E-state index in [4.69, 9.17) is 4.74 Å². The number of rotatable bonds is 5. The van der Waals surface area contributed by atoms with Crippen molar-refractivity contribution in [3.05, 3.63) is 0 Å². The lowest BCUT2D eigenvalue weighted by Gasteiger charge is -2.23. The molecule has 2 unspecified atom stereocenters. The molecular formula is C12H24N2O. The van der Waals surface area contributed by atoms with Crippen LogP contribution < -0.4 is 10.6 Å². The monoisotopic (exact) mass is 212 g/mol. The first-order valence-corrected chi connectivity index (χ1v) is 6.32. The molecule has 0 bridgehead atoms. The molecule has 2 aliphatic heterocycles. The summed E-state index contributed by atoms with van der Waals surface area (Å²) in [4.78, 5) is 0. The molecule has 2 aliphatic rings. The van der Waals surface area contributed by atoms with E-state index in [9.17, 15) is 0 Å². The van der Waals surface area contributed by atoms with Gasteiger partial charge in [-0.25, -0.2) is 0 Å². The summed E-state index contributed by atoms with van der Waals surface area (Å²) in [6.45, 7) is 7.95. The van der Waals surface area contributed by atoms with Crippen molar-refractivity contribution in [3.8, 4) is 0 Å². The van der Waals surface area contributed by atoms with Gasteiger partial charge < -0.3 is 15.4 Å². The lowest BCUT2D eigenvalue weighted by Crippen LogP contribution is -2.34. The van der Waals surface area contributed by atoms with Gasteiger partial charge in [0.25, 0.3) is 0 Å². The molecule has 2 atom stereocenters. The predicted octanol–water partition coefficient (Wildman–Crippen LogP) is 1.14. The van der Waals surface area contributed by atoms with Gasteiger partial charge in [-0.1, -0.05) is 6.92 Å². The molecule has 15 heavy (non-hydrogen) atoms. The van der Waals surface area contributed by atoms with E-state index in [-0.39, 0.29) is 0 Å². The molecule has 0 aromatic rings. The van der Waals surface area contributed by atoms with Gasteiger partial charge in [-0.15, -0.1) is 0 Å². The van der Waals surface area contributed by atoms with Crippen LogP contribution >= 0.6 is 0 Å². The highest BCUT2D eigenvalue weighted by atomic mass is 16.5. The Bertz CT molecular complexity index is 184. The lowest BCUT2D eigenvalue weighted by atomic mass is 9.90. The minimum atomic E-state index is 0.483. The summed E-state index contributed by atoms with van der Waals surface area (Å²) in [5.74, 6) is 0. The number of hydrogen-bond acceptors (Lipinski definition) is 3. The standard InChI is InChI=1S/C12H24N2O/c1-12(5-7-14-10-12)9-13-6-4-11-3-2-8-15-11/h11,13-14H,2-10H2,1H3. The average molecular weight is 212 g/mol. The molecule has 0 amide bonds. The summed E-state index contributed by atoms with van der Waals surface area (Å²) < 4.78 is 5.60. The molecule has 2 fully saturated rings. The number of hydrogen-bond donors (Lipinski definition) is 2. The van der Waals surface area contributed by atoms with Crippen LogP contribution in [-0.4, -0.2) is 38.9 Å². The Balaban J connectivity index is 1.54. The van der Waals surface area contributed by atoms with E-state index in [0.717, 1.165) is 19.7 Å². The molecule has 2 saturated heterocycles. The van der Waals surface area contributed by atoms with Crippen molar-refractivity contribution in [2.75, 3.05) is 32.8 Å². The molecule has 0 aromatic heterocycles. The molecule has 0 saturated carbocycles. The SMILES string of the molecule is CC1(CNCCC2CCCO2)CCNC1. The molecule has 0 radical (unpaired) electrons. The Morgan fingerprint density at radius 2 is 2.47 bits per heavy atom. The van der Waals surface area contributed by atoms with Crippen LogP contribution in [0, 0.1) is 5.41 Å². The fraction of sp³-hybridized carbons (Fsp3) is 1.00. The maximum Gasteiger partial charge on any atom is 0.0588 e. The fourth-order valence-corrected chi connectivity index (χ4v) is 2.54. The zero-order valence-corrected chi connectivity index (χ0v) is 9.85. The normalized spacial score (nSPS) is 36.2. The third-order valence-corrected chi connectivity index (χ3v) is 3.68. The van der Waals surface area contributed by atoms with Gasteiger partial charge in [0.15, 0.2) is 0 Å². The first kappa shape index (κ1) is 11.4. The van der Waals surface area contributed by atoms with Crippen LogP contribution in [0.4, 0.5) is 0 Å². The lowest BCUT2D eigenvalue weighted by molar-refractivity contribution is 0.103. The average Bonchev–Trinajstić information content (AvgIpc) is 2.84. The Morgan fingerprint density at radius 3 is 3.13 bits per heavy atom. The second-order valence-corrected chi connectivity index (χ2v) is 5.34. The van der Waals surface area contributed by atoms with E-state index in [1.54, 1.807) is 0 Å². The van der Waals surface area contributed by atoms with Gasteiger partial charge in [0.2, 0.25) is 0 Å². The van der Waals surface area contributed by atoms with E-state index < -0.39 is 0 Å². The molecule has 0 aliphatic carbocycles. The molecular weight excluding hydrogens is 188 g/mol. The minimum absolute atomic E-state index is 0.483. The summed E-state index contributed by atoms with van der Waals surface area (Å²) in [6, 6.07) is 0. The van der Waals surface area contributed by atoms with Crippen molar-refractivity contribution in [3.63, 3.8) is 0 Å². The van der Waals surface area contributed by atoms with E-state index in [1.165, 1.54) is 38.8 Å². The number of ether oxygens (including phenoxy) is 1. The highest BCUT2D eigenvalue weighted by molar-refractivity contribution is 4.85. The fourth-order valence-electron chi connectivity index (χ4n) is 2.54. The van der Waals surface area contributed by atoms with Gasteiger partial charge in [-0.3, -0.25) is 0 Å². The van der Waals surface area contributed by atoms with Crippen molar-refractivity contribution in [1.29, 1.82) is 0 Å². The van der Waals surface area contributed by atoms with E-state index in [0.29, 0.717) is 11.5 Å². The van der Waals surface area contributed by atoms with E-state index >= 15 is 0 Å². The smallest absolute Gasteiger partial charge is 0.0588 e. The Kier molecular flexibility index (Phi) is 4.00. The van der Waals surface area contributed by atoms with Crippen LogP contribution in [0.1, 0.15) is 32.6 Å². The Labute approximate surface area is 93.0 Å². The second kappa shape index (κ2) is 5.28. The molecule has 3 heteroatoms. The first-order valence-electron chi connectivity index (χ1n) is 6.32. The summed E-state index contributed by atoms with van der Waals surface area (Å²) >= 11 is 0. The molecule has 0 spiro atoms. The van der Waals surface area contributed by atoms with Gasteiger partial charge in [0.05, 0.1) is 6.10 Å². The summed E-state index contributed by atoms with van der Waals surface area (Å²) in [5.41, 5.74) is 0.483. The predicted molar refractivity (Wildman–Crippen MR) is 62.1 cm³/mol. The van der Waals surface area contributed by atoms with Gasteiger partial charge in [0, 0.05) is 19.7 Å². The van der Waals surface area contributed by atoms with E-state index in [2.05, 4.69) is 17.6 Å². The van der Waals surface area contributed by atoms with Crippen LogP contribution in [0.3, 0.4) is 0 Å². The van der Waals surface area contributed by atoms with Gasteiger partial charge in [-0.2, -0.15) is 0 Å². The molecule has 2 N–H and O–H groups in total. The van der Waals surface area contributed by atoms with Gasteiger partial charge in [0.1, 0.15) is 0 Å². The molecule has 3 nitrogen and oxygen atoms in total. The van der Waals surface area contributed by atoms with E-state index in [1.807, 2.05) is 0 Å². The van der Waals surface area contributed by atoms with Crippen LogP contribution in [0.25, 0.3) is 0 Å². The van der Waals surface area contributed by atoms with Crippen LogP contribution in [0.2, 0.25) is 0 Å². The molecule has 2 rings (SSSR count). The van der Waals surface area contributed by atoms with Gasteiger partial charge >= 0.3 is 0 Å². The highest BCUT2D eigenvalue weighted by Gasteiger charge is 2.27. The van der Waals surface area contributed by atoms with Crippen LogP contribution in [-0.2, 0) is 4.74 Å². The molecule has 2 heterocycles. The van der Waals surface area contributed by atoms with Crippen LogP contribution in [0.5, 0.6) is 0 Å². The minimum Gasteiger partial charge on any atom is -0.378 e. The highest BCUT2D eigenvalue weighted by Crippen LogP contribution is 2.23. The topological polar surface area (TPSA) is 33.3 Å². The summed E-state index contributed by atoms with van der Waals surface area (Å²) in [6.07, 6.45) is 5.54. The van der Waals surface area contributed by atoms with Crippen molar-refractivity contribution >= 4 is 0 Å². The first-order chi connectivity index (χ1) is 7.29. The maximum atomic E-state index is 5.60. The second-order valence-electron chi connectivity index (χ2n) is 5.34. The third kappa shape index (κ3) is 3.44. The Hall–Kier alpha value is -0.120. The Morgan fingerprint density at radius 1 is 1.53 bits per heavy atom. The molecule has 88 valence electrons. The van der Waals surface area contributed by atoms with Gasteiger partial charge in [-0.05, 0) is 44.2 Å².